The molecule has 0 radical (unpaired) electrons. The molecule has 0 saturated carbocycles. The van der Waals surface area contributed by atoms with Crippen LogP contribution in [0, 0.1) is 0 Å². The largest absolute Gasteiger partial charge is 0.479 e. The zero-order chi connectivity index (χ0) is 14.7. The standard InChI is InChI=1S/C10H22O6Si2/c1-17(2,3)15-7(9(11)12)8(10(13)14)16-18(4,5)6/h7-8H,1-6H3,(H,11,12)(H,13,14). The average molecular weight is 294 g/mol. The Kier molecular flexibility index (Phi) is 5.72. The smallest absolute Gasteiger partial charge is 0.334 e. The molecule has 0 aliphatic carbocycles. The van der Waals surface area contributed by atoms with Gasteiger partial charge < -0.3 is 19.1 Å². The van der Waals surface area contributed by atoms with E-state index < -0.39 is 40.8 Å². The lowest BCUT2D eigenvalue weighted by atomic mass is 10.2. The van der Waals surface area contributed by atoms with Crippen molar-refractivity contribution in [1.82, 2.24) is 0 Å². The fraction of sp³-hybridized carbons (Fsp3) is 0.800. The molecule has 0 bridgehead atoms. The SMILES string of the molecule is C[Si](C)(C)OC(C(=O)O)C(O[Si](C)(C)C)C(=O)O. The second-order valence-electron chi connectivity index (χ2n) is 5.98. The van der Waals surface area contributed by atoms with E-state index >= 15 is 0 Å². The quantitative estimate of drug-likeness (QED) is 0.693. The summed E-state index contributed by atoms with van der Waals surface area (Å²) in [4.78, 5) is 22.4. The van der Waals surface area contributed by atoms with Crippen molar-refractivity contribution in [2.45, 2.75) is 51.5 Å². The van der Waals surface area contributed by atoms with Crippen molar-refractivity contribution in [2.24, 2.45) is 0 Å². The van der Waals surface area contributed by atoms with Crippen LogP contribution in [0.25, 0.3) is 0 Å². The fourth-order valence-corrected chi connectivity index (χ4v) is 3.22. The van der Waals surface area contributed by atoms with Gasteiger partial charge in [-0.1, -0.05) is 0 Å². The number of carboxylic acids is 2. The molecular weight excluding hydrogens is 272 g/mol. The Morgan fingerprint density at radius 1 is 0.778 bits per heavy atom. The highest BCUT2D eigenvalue weighted by Gasteiger charge is 2.41. The number of aliphatic carboxylic acids is 2. The van der Waals surface area contributed by atoms with E-state index in [-0.39, 0.29) is 0 Å². The van der Waals surface area contributed by atoms with Gasteiger partial charge in [0.1, 0.15) is 0 Å². The minimum Gasteiger partial charge on any atom is -0.479 e. The van der Waals surface area contributed by atoms with Crippen LogP contribution in [-0.2, 0) is 18.4 Å². The predicted molar refractivity (Wildman–Crippen MR) is 71.7 cm³/mol. The van der Waals surface area contributed by atoms with Crippen LogP contribution in [-0.4, -0.2) is 51.0 Å². The first-order valence-electron chi connectivity index (χ1n) is 5.65. The average Bonchev–Trinajstić information content (AvgIpc) is 2.06. The lowest BCUT2D eigenvalue weighted by Crippen LogP contribution is -2.51. The van der Waals surface area contributed by atoms with E-state index in [9.17, 15) is 9.59 Å². The summed E-state index contributed by atoms with van der Waals surface area (Å²) in [7, 11) is -4.35. The second-order valence-corrected chi connectivity index (χ2v) is 14.9. The van der Waals surface area contributed by atoms with Crippen LogP contribution in [0.1, 0.15) is 0 Å². The molecule has 18 heavy (non-hydrogen) atoms. The summed E-state index contributed by atoms with van der Waals surface area (Å²) in [5.41, 5.74) is 0. The molecule has 106 valence electrons. The first-order chi connectivity index (χ1) is 7.83. The minimum atomic E-state index is -2.18. The van der Waals surface area contributed by atoms with E-state index in [0.29, 0.717) is 0 Å². The van der Waals surface area contributed by atoms with Crippen molar-refractivity contribution in [3.63, 3.8) is 0 Å². The first kappa shape index (κ1) is 17.3. The van der Waals surface area contributed by atoms with Gasteiger partial charge in [0, 0.05) is 0 Å². The van der Waals surface area contributed by atoms with Gasteiger partial charge in [0.2, 0.25) is 0 Å². The molecular formula is C10H22O6Si2. The third-order valence-corrected chi connectivity index (χ3v) is 3.64. The van der Waals surface area contributed by atoms with E-state index in [2.05, 4.69) is 0 Å². The summed E-state index contributed by atoms with van der Waals surface area (Å²) in [5, 5.41) is 18.2. The van der Waals surface area contributed by atoms with Gasteiger partial charge in [0.25, 0.3) is 0 Å². The zero-order valence-corrected chi connectivity index (χ0v) is 13.7. The molecule has 0 aromatic heterocycles. The zero-order valence-electron chi connectivity index (χ0n) is 11.7. The number of hydrogen-bond acceptors (Lipinski definition) is 4. The molecule has 0 aromatic carbocycles. The van der Waals surface area contributed by atoms with Gasteiger partial charge >= 0.3 is 11.9 Å². The lowest BCUT2D eigenvalue weighted by Gasteiger charge is -2.31. The molecule has 2 unspecified atom stereocenters. The molecule has 0 heterocycles. The molecule has 0 aromatic rings. The molecule has 2 N–H and O–H groups in total. The van der Waals surface area contributed by atoms with Crippen LogP contribution >= 0.6 is 0 Å². The lowest BCUT2D eigenvalue weighted by molar-refractivity contribution is -0.162. The molecule has 0 saturated heterocycles. The Balaban J connectivity index is 5.13. The Labute approximate surface area is 109 Å². The summed E-state index contributed by atoms with van der Waals surface area (Å²) in [6.07, 6.45) is -2.92. The van der Waals surface area contributed by atoms with Crippen LogP contribution in [0.3, 0.4) is 0 Å². The number of hydrogen-bond donors (Lipinski definition) is 2. The van der Waals surface area contributed by atoms with Gasteiger partial charge in [-0.3, -0.25) is 0 Å². The topological polar surface area (TPSA) is 93.1 Å². The highest BCUT2D eigenvalue weighted by Crippen LogP contribution is 2.17. The number of carboxylic acid groups (broad SMARTS) is 2. The molecule has 6 nitrogen and oxygen atoms in total. The second kappa shape index (κ2) is 5.96. The Bertz CT molecular complexity index is 285. The molecule has 0 rings (SSSR count). The third-order valence-electron chi connectivity index (χ3n) is 1.72. The minimum absolute atomic E-state index is 1.30. The van der Waals surface area contributed by atoms with Gasteiger partial charge in [0.15, 0.2) is 28.8 Å². The summed E-state index contributed by atoms with van der Waals surface area (Å²) >= 11 is 0. The molecule has 0 fully saturated rings. The fourth-order valence-electron chi connectivity index (χ4n) is 1.25. The van der Waals surface area contributed by atoms with Gasteiger partial charge in [-0.05, 0) is 39.3 Å². The normalized spacial score (nSPS) is 16.1. The number of rotatable bonds is 7. The maximum absolute atomic E-state index is 11.2. The van der Waals surface area contributed by atoms with Crippen LogP contribution in [0.4, 0.5) is 0 Å². The van der Waals surface area contributed by atoms with Crippen molar-refractivity contribution >= 4 is 28.6 Å². The Morgan fingerprint density at radius 2 is 1.00 bits per heavy atom. The molecule has 8 heteroatoms. The molecule has 0 amide bonds. The Hall–Kier alpha value is -0.706. The van der Waals surface area contributed by atoms with Crippen LogP contribution in [0.5, 0.6) is 0 Å². The first-order valence-corrected chi connectivity index (χ1v) is 12.5. The van der Waals surface area contributed by atoms with E-state index in [1.54, 1.807) is 39.3 Å². The maximum Gasteiger partial charge on any atom is 0.334 e. The van der Waals surface area contributed by atoms with E-state index in [1.165, 1.54) is 0 Å². The van der Waals surface area contributed by atoms with E-state index in [0.717, 1.165) is 0 Å². The summed E-state index contributed by atoms with van der Waals surface area (Å²) < 4.78 is 10.8. The number of carbonyl (C=O) groups is 2. The third kappa shape index (κ3) is 6.89. The summed E-state index contributed by atoms with van der Waals surface area (Å²) in [5.74, 6) is -2.61. The molecule has 2 atom stereocenters. The maximum atomic E-state index is 11.2. The van der Waals surface area contributed by atoms with Gasteiger partial charge in [0.05, 0.1) is 0 Å². The van der Waals surface area contributed by atoms with Gasteiger partial charge in [-0.25, -0.2) is 9.59 Å². The summed E-state index contributed by atoms with van der Waals surface area (Å²) in [6, 6.07) is 0. The van der Waals surface area contributed by atoms with Crippen molar-refractivity contribution in [3.05, 3.63) is 0 Å². The highest BCUT2D eigenvalue weighted by molar-refractivity contribution is 6.70. The van der Waals surface area contributed by atoms with Crippen LogP contribution in [0.15, 0.2) is 0 Å². The molecule has 0 spiro atoms. The van der Waals surface area contributed by atoms with Crippen molar-refractivity contribution in [2.75, 3.05) is 0 Å². The van der Waals surface area contributed by atoms with Crippen LogP contribution < -0.4 is 0 Å². The van der Waals surface area contributed by atoms with E-state index in [4.69, 9.17) is 19.1 Å². The van der Waals surface area contributed by atoms with Crippen LogP contribution in [0.2, 0.25) is 39.3 Å². The van der Waals surface area contributed by atoms with Crippen molar-refractivity contribution < 1.29 is 28.7 Å². The summed E-state index contributed by atoms with van der Waals surface area (Å²) in [6.45, 7) is 10.8. The van der Waals surface area contributed by atoms with Crippen molar-refractivity contribution in [1.29, 1.82) is 0 Å². The highest BCUT2D eigenvalue weighted by atomic mass is 28.4. The Morgan fingerprint density at radius 3 is 1.11 bits per heavy atom. The predicted octanol–water partition coefficient (Wildman–Crippen LogP) is 1.60. The van der Waals surface area contributed by atoms with Gasteiger partial charge in [-0.15, -0.1) is 0 Å². The molecule has 0 aliphatic rings. The monoisotopic (exact) mass is 294 g/mol. The van der Waals surface area contributed by atoms with Gasteiger partial charge in [-0.2, -0.15) is 0 Å². The van der Waals surface area contributed by atoms with Crippen molar-refractivity contribution in [3.8, 4) is 0 Å². The van der Waals surface area contributed by atoms with E-state index in [1.807, 2.05) is 0 Å². The molecule has 0 aliphatic heterocycles.